The minimum Gasteiger partial charge on any atom is -0.870 e. The van der Waals surface area contributed by atoms with E-state index in [4.69, 9.17) is 29.3 Å². The van der Waals surface area contributed by atoms with Crippen molar-refractivity contribution in [2.75, 3.05) is 0 Å². The van der Waals surface area contributed by atoms with Gasteiger partial charge in [-0.15, -0.1) is 0 Å². The van der Waals surface area contributed by atoms with Crippen LogP contribution >= 0.6 is 0 Å². The first kappa shape index (κ1) is 48.5. The van der Waals surface area contributed by atoms with E-state index in [1.807, 2.05) is 130 Å². The fourth-order valence-electron chi connectivity index (χ4n) is 6.61. The monoisotopic (exact) mass is 763 g/mol. The molecule has 2 heterocycles. The summed E-state index contributed by atoms with van der Waals surface area (Å²) in [6, 6.07) is 21.6. The minimum absolute atomic E-state index is 0. The van der Waals surface area contributed by atoms with Gasteiger partial charge < -0.3 is 29.5 Å². The molecule has 4 atom stereocenters. The number of nitriles is 1. The van der Waals surface area contributed by atoms with Crippen LogP contribution in [-0.2, 0) is 36.6 Å². The molecule has 2 saturated heterocycles. The number of carboxylic acids is 1. The molecule has 0 bridgehead atoms. The summed E-state index contributed by atoms with van der Waals surface area (Å²) in [5.41, 5.74) is -0.650. The Balaban J connectivity index is 0.000000511. The molecule has 0 radical (unpaired) electrons. The van der Waals surface area contributed by atoms with Gasteiger partial charge in [0.25, 0.3) is 0 Å². The zero-order valence-electron chi connectivity index (χ0n) is 33.4. The zero-order chi connectivity index (χ0) is 38.2. The number of carbonyl (C=O) groups excluding carboxylic acids is 2. The number of ether oxygens (including phenoxy) is 4. The number of carboxylic acid groups (broad SMARTS) is 1. The van der Waals surface area contributed by atoms with Crippen molar-refractivity contribution in [1.82, 2.24) is 9.80 Å². The second kappa shape index (κ2) is 20.4. The van der Waals surface area contributed by atoms with E-state index in [1.54, 1.807) is 9.80 Å². The van der Waals surface area contributed by atoms with Crippen LogP contribution in [0.5, 0.6) is 0 Å². The maximum absolute atomic E-state index is 12.9. The Labute approximate surface area is 358 Å². The Kier molecular flexibility index (Phi) is 18.7. The molecule has 13 heteroatoms. The average Bonchev–Trinajstić information content (AvgIpc) is 3.41. The quantitative estimate of drug-likeness (QED) is 0.346. The molecule has 2 N–H and O–H groups in total. The van der Waals surface area contributed by atoms with Crippen LogP contribution in [0.3, 0.4) is 0 Å². The summed E-state index contributed by atoms with van der Waals surface area (Å²) < 4.78 is 23.5. The molecular weight excluding hydrogens is 706 g/mol. The molecule has 0 spiro atoms. The molecule has 288 valence electrons. The van der Waals surface area contributed by atoms with Crippen LogP contribution in [-0.4, -0.2) is 85.5 Å². The van der Waals surface area contributed by atoms with Crippen molar-refractivity contribution in [1.29, 1.82) is 5.26 Å². The van der Waals surface area contributed by atoms with Crippen LogP contribution in [0.1, 0.15) is 106 Å². The topological polar surface area (TPSA) is 169 Å². The van der Waals surface area contributed by atoms with E-state index in [9.17, 15) is 14.4 Å². The van der Waals surface area contributed by atoms with Gasteiger partial charge in [0.2, 0.25) is 0 Å². The Morgan fingerprint density at radius 3 is 1.42 bits per heavy atom. The molecule has 2 aromatic carbocycles. The average molecular weight is 764 g/mol. The zero-order valence-corrected chi connectivity index (χ0v) is 36.5. The van der Waals surface area contributed by atoms with Crippen molar-refractivity contribution < 1.29 is 95.3 Å². The smallest absolute Gasteiger partial charge is 0.870 e. The summed E-state index contributed by atoms with van der Waals surface area (Å²) in [5.74, 6) is -0.874. The van der Waals surface area contributed by atoms with Gasteiger partial charge in [0, 0.05) is 12.8 Å². The van der Waals surface area contributed by atoms with Gasteiger partial charge in [-0.2, -0.15) is 5.26 Å². The Morgan fingerprint density at radius 1 is 0.736 bits per heavy atom. The number of amides is 2. The second-order valence-electron chi connectivity index (χ2n) is 16.1. The number of hydrogen-bond acceptors (Lipinski definition) is 9. The molecule has 2 aliphatic heterocycles. The molecule has 2 aromatic rings. The third-order valence-electron chi connectivity index (χ3n) is 8.50. The predicted octanol–water partition coefficient (Wildman–Crippen LogP) is 4.94. The molecular formula is C40H58KN3O9. The van der Waals surface area contributed by atoms with Crippen LogP contribution in [0.4, 0.5) is 9.59 Å². The van der Waals surface area contributed by atoms with Crippen molar-refractivity contribution >= 4 is 18.2 Å². The molecule has 2 fully saturated rings. The van der Waals surface area contributed by atoms with Crippen LogP contribution in [0.2, 0.25) is 0 Å². The van der Waals surface area contributed by atoms with Gasteiger partial charge in [-0.05, 0) is 106 Å². The molecule has 2 amide bonds. The van der Waals surface area contributed by atoms with E-state index in [0.29, 0.717) is 32.1 Å². The normalized spacial score (nSPS) is 21.5. The molecule has 12 nitrogen and oxygen atoms in total. The van der Waals surface area contributed by atoms with Gasteiger partial charge in [-0.3, -0.25) is 14.6 Å². The van der Waals surface area contributed by atoms with Gasteiger partial charge in [-0.1, -0.05) is 60.7 Å². The third-order valence-corrected chi connectivity index (χ3v) is 8.50. The van der Waals surface area contributed by atoms with E-state index in [-0.39, 0.29) is 93.7 Å². The summed E-state index contributed by atoms with van der Waals surface area (Å²) in [7, 11) is 0. The maximum atomic E-state index is 12.9. The molecule has 0 saturated carbocycles. The van der Waals surface area contributed by atoms with Crippen molar-refractivity contribution in [2.45, 2.75) is 155 Å². The number of hydrogen-bond donors (Lipinski definition) is 1. The predicted molar refractivity (Wildman–Crippen MR) is 196 cm³/mol. The van der Waals surface area contributed by atoms with E-state index in [0.717, 1.165) is 11.1 Å². The van der Waals surface area contributed by atoms with Crippen LogP contribution in [0.15, 0.2) is 60.7 Å². The van der Waals surface area contributed by atoms with E-state index in [2.05, 4.69) is 6.07 Å². The number of nitrogens with zero attached hydrogens (tertiary/aromatic N) is 3. The number of carbonyl (C=O) groups is 3. The Hall–Kier alpha value is -2.54. The number of rotatable bonds is 9. The maximum Gasteiger partial charge on any atom is 1.00 e. The van der Waals surface area contributed by atoms with Gasteiger partial charge in [-0.25, -0.2) is 9.59 Å². The van der Waals surface area contributed by atoms with E-state index in [1.165, 1.54) is 0 Å². The fraction of sp³-hybridized carbons (Fsp3) is 0.600. The first-order chi connectivity index (χ1) is 23.6. The fourth-order valence-corrected chi connectivity index (χ4v) is 6.61. The van der Waals surface area contributed by atoms with Crippen LogP contribution < -0.4 is 51.4 Å². The van der Waals surface area contributed by atoms with Gasteiger partial charge in [0.1, 0.15) is 22.7 Å². The van der Waals surface area contributed by atoms with Gasteiger partial charge >= 0.3 is 69.5 Å². The SMILES string of the molecule is CC(C)(C)OC(=O)N1[C@@H](Cc2ccccc2)[C@H](CCC#N)OC1(C)C.CC(C)(C)OC(=O)N1[C@@H](Cc2ccccc2)[C@H](CCC(=O)O)OC1(C)C.[K+].[OH-]. The van der Waals surface area contributed by atoms with Crippen molar-refractivity contribution in [2.24, 2.45) is 0 Å². The summed E-state index contributed by atoms with van der Waals surface area (Å²) in [6.07, 6.45) is 1.19. The summed E-state index contributed by atoms with van der Waals surface area (Å²) >= 11 is 0. The standard InChI is InChI=1S/C20H28N2O3.C20H29NO5.K.H2O/c1-19(2,3)25-18(23)22-16(14-15-10-7-6-8-11-15)17(12-9-13-21)24-20(22,4)5;1-19(2,3)26-18(24)21-15(13-14-9-7-6-8-10-14)16(11-12-17(22)23)25-20(21,4)5;;/h6-8,10-11,16-17H,9,12,14H2,1-5H3;6-10,15-16H,11-13H2,1-5H3,(H,22,23);;1H2/q;;+1;/p-1/t16-,17-;15-,16-;;/m00../s1. The van der Waals surface area contributed by atoms with Crippen molar-refractivity contribution in [3.63, 3.8) is 0 Å². The van der Waals surface area contributed by atoms with E-state index >= 15 is 0 Å². The molecule has 0 aliphatic carbocycles. The minimum atomic E-state index is -0.874. The Morgan fingerprint density at radius 2 is 1.09 bits per heavy atom. The summed E-state index contributed by atoms with van der Waals surface area (Å²) in [6.45, 7) is 18.4. The molecule has 2 aliphatic rings. The Bertz CT molecular complexity index is 1500. The van der Waals surface area contributed by atoms with Crippen LogP contribution in [0, 0.1) is 11.3 Å². The third kappa shape index (κ3) is 14.9. The second-order valence-corrected chi connectivity index (χ2v) is 16.1. The first-order valence-electron chi connectivity index (χ1n) is 17.7. The van der Waals surface area contributed by atoms with Crippen molar-refractivity contribution in [3.8, 4) is 6.07 Å². The van der Waals surface area contributed by atoms with Gasteiger partial charge in [0.15, 0.2) is 0 Å². The summed E-state index contributed by atoms with van der Waals surface area (Å²) in [4.78, 5) is 40.1. The largest absolute Gasteiger partial charge is 1.00 e. The molecule has 53 heavy (non-hydrogen) atoms. The molecule has 0 unspecified atom stereocenters. The molecule has 4 rings (SSSR count). The van der Waals surface area contributed by atoms with E-state index < -0.39 is 34.7 Å². The van der Waals surface area contributed by atoms with Crippen LogP contribution in [0.25, 0.3) is 0 Å². The number of benzene rings is 2. The van der Waals surface area contributed by atoms with Crippen molar-refractivity contribution in [3.05, 3.63) is 71.8 Å². The first-order valence-corrected chi connectivity index (χ1v) is 17.7. The van der Waals surface area contributed by atoms with Gasteiger partial charge in [0.05, 0.1) is 30.4 Å². The molecule has 0 aromatic heterocycles. The summed E-state index contributed by atoms with van der Waals surface area (Å²) in [5, 5.41) is 18.0. The number of aliphatic carboxylic acids is 1.